The zero-order chi connectivity index (χ0) is 20.2. The number of benzene rings is 2. The van der Waals surface area contributed by atoms with E-state index < -0.39 is 0 Å². The Hall–Kier alpha value is -2.44. The van der Waals surface area contributed by atoms with Crippen LogP contribution in [0.5, 0.6) is 0 Å². The molecule has 0 unspecified atom stereocenters. The van der Waals surface area contributed by atoms with Crippen molar-refractivity contribution in [3.63, 3.8) is 0 Å². The van der Waals surface area contributed by atoms with E-state index in [0.29, 0.717) is 6.67 Å². The summed E-state index contributed by atoms with van der Waals surface area (Å²) >= 11 is 5.74. The lowest BCUT2D eigenvalue weighted by Gasteiger charge is -2.24. The number of rotatable bonds is 7. The van der Waals surface area contributed by atoms with Crippen molar-refractivity contribution in [1.29, 1.82) is 0 Å². The SMILES string of the molecule is CCn1c(-c2ccccc2)nn(CN(C)Cc2ccccc2N2CCCC2)c1=S. The van der Waals surface area contributed by atoms with Crippen LogP contribution in [-0.4, -0.2) is 39.4 Å². The molecule has 2 heterocycles. The molecule has 0 aliphatic carbocycles. The zero-order valence-corrected chi connectivity index (χ0v) is 18.1. The lowest BCUT2D eigenvalue weighted by Crippen LogP contribution is -2.25. The van der Waals surface area contributed by atoms with Gasteiger partial charge in [-0.25, -0.2) is 4.68 Å². The van der Waals surface area contributed by atoms with Crippen molar-refractivity contribution >= 4 is 17.9 Å². The number of nitrogens with zero attached hydrogens (tertiary/aromatic N) is 5. The third-order valence-electron chi connectivity index (χ3n) is 5.53. The van der Waals surface area contributed by atoms with E-state index in [1.165, 1.54) is 24.1 Å². The van der Waals surface area contributed by atoms with Crippen LogP contribution in [0.15, 0.2) is 54.6 Å². The van der Waals surface area contributed by atoms with Crippen molar-refractivity contribution in [3.8, 4) is 11.4 Å². The minimum atomic E-state index is 0.667. The second kappa shape index (κ2) is 8.93. The Balaban J connectivity index is 1.55. The third-order valence-corrected chi connectivity index (χ3v) is 5.96. The Morgan fingerprint density at radius 3 is 2.41 bits per heavy atom. The predicted octanol–water partition coefficient (Wildman–Crippen LogP) is 4.79. The van der Waals surface area contributed by atoms with Gasteiger partial charge in [0.05, 0.1) is 6.67 Å². The quantitative estimate of drug-likeness (QED) is 0.527. The molecule has 0 N–H and O–H groups in total. The molecule has 0 radical (unpaired) electrons. The Labute approximate surface area is 178 Å². The van der Waals surface area contributed by atoms with Crippen LogP contribution in [0.1, 0.15) is 25.3 Å². The van der Waals surface area contributed by atoms with Crippen molar-refractivity contribution in [2.45, 2.75) is 39.5 Å². The van der Waals surface area contributed by atoms with Crippen LogP contribution in [-0.2, 0) is 19.8 Å². The number of aromatic nitrogens is 3. The van der Waals surface area contributed by atoms with Crippen LogP contribution in [0.3, 0.4) is 0 Å². The molecule has 1 aliphatic rings. The van der Waals surface area contributed by atoms with Crippen molar-refractivity contribution in [2.24, 2.45) is 0 Å². The monoisotopic (exact) mass is 407 g/mol. The number of para-hydroxylation sites is 1. The van der Waals surface area contributed by atoms with Gasteiger partial charge in [-0.3, -0.25) is 4.90 Å². The van der Waals surface area contributed by atoms with Crippen molar-refractivity contribution < 1.29 is 0 Å². The second-order valence-corrected chi connectivity index (χ2v) is 8.06. The standard InChI is InChI=1S/C23H29N5S/c1-3-27-22(19-11-5-4-6-12-19)24-28(23(27)29)18-25(2)17-20-13-7-8-14-21(20)26-15-9-10-16-26/h4-8,11-14H,3,9-10,15-18H2,1-2H3. The first-order valence-electron chi connectivity index (χ1n) is 10.4. The summed E-state index contributed by atoms with van der Waals surface area (Å²) in [7, 11) is 2.13. The molecule has 0 atom stereocenters. The average molecular weight is 408 g/mol. The van der Waals surface area contributed by atoms with E-state index in [2.05, 4.69) is 64.7 Å². The van der Waals surface area contributed by atoms with Crippen molar-refractivity contribution in [2.75, 3.05) is 25.0 Å². The highest BCUT2D eigenvalue weighted by Gasteiger charge is 2.17. The number of anilines is 1. The van der Waals surface area contributed by atoms with Gasteiger partial charge in [0.25, 0.3) is 0 Å². The van der Waals surface area contributed by atoms with Gasteiger partial charge < -0.3 is 9.47 Å². The third kappa shape index (κ3) is 4.28. The summed E-state index contributed by atoms with van der Waals surface area (Å²) < 4.78 is 4.82. The molecule has 1 aliphatic heterocycles. The van der Waals surface area contributed by atoms with E-state index in [4.69, 9.17) is 17.3 Å². The van der Waals surface area contributed by atoms with Crippen LogP contribution in [0, 0.1) is 4.77 Å². The molecule has 29 heavy (non-hydrogen) atoms. The van der Waals surface area contributed by atoms with Crippen molar-refractivity contribution in [1.82, 2.24) is 19.2 Å². The smallest absolute Gasteiger partial charge is 0.199 e. The molecule has 0 spiro atoms. The number of hydrogen-bond acceptors (Lipinski definition) is 4. The highest BCUT2D eigenvalue weighted by molar-refractivity contribution is 7.71. The summed E-state index contributed by atoms with van der Waals surface area (Å²) in [5, 5.41) is 4.86. The Bertz CT molecular complexity index is 1000. The van der Waals surface area contributed by atoms with E-state index in [1.54, 1.807) is 0 Å². The summed E-state index contributed by atoms with van der Waals surface area (Å²) in [6.07, 6.45) is 2.58. The molecule has 2 aromatic carbocycles. The number of hydrogen-bond donors (Lipinski definition) is 0. The van der Waals surface area contributed by atoms with Crippen LogP contribution in [0.4, 0.5) is 5.69 Å². The maximum absolute atomic E-state index is 5.74. The molecular formula is C23H29N5S. The summed E-state index contributed by atoms with van der Waals surface area (Å²) in [5.74, 6) is 0.934. The van der Waals surface area contributed by atoms with Crippen LogP contribution in [0.25, 0.3) is 11.4 Å². The van der Waals surface area contributed by atoms with Crippen LogP contribution < -0.4 is 4.90 Å². The first-order chi connectivity index (χ1) is 14.2. The fraction of sp³-hybridized carbons (Fsp3) is 0.391. The molecule has 1 fully saturated rings. The summed E-state index contributed by atoms with van der Waals surface area (Å²) in [4.78, 5) is 4.79. The van der Waals surface area contributed by atoms with Crippen LogP contribution in [0.2, 0.25) is 0 Å². The van der Waals surface area contributed by atoms with E-state index in [9.17, 15) is 0 Å². The lowest BCUT2D eigenvalue weighted by atomic mass is 10.1. The van der Waals surface area contributed by atoms with E-state index in [-0.39, 0.29) is 0 Å². The molecular weight excluding hydrogens is 378 g/mol. The van der Waals surface area contributed by atoms with Gasteiger partial charge >= 0.3 is 0 Å². The molecule has 0 saturated carbocycles. The molecule has 6 heteroatoms. The van der Waals surface area contributed by atoms with Crippen molar-refractivity contribution in [3.05, 3.63) is 64.9 Å². The van der Waals surface area contributed by atoms with E-state index in [1.807, 2.05) is 22.9 Å². The molecule has 5 nitrogen and oxygen atoms in total. The molecule has 152 valence electrons. The highest BCUT2D eigenvalue weighted by Crippen LogP contribution is 2.25. The largest absolute Gasteiger partial charge is 0.371 e. The summed E-state index contributed by atoms with van der Waals surface area (Å²) in [6.45, 7) is 6.78. The minimum Gasteiger partial charge on any atom is -0.371 e. The molecule has 1 saturated heterocycles. The van der Waals surface area contributed by atoms with Gasteiger partial charge in [-0.1, -0.05) is 48.5 Å². The Morgan fingerprint density at radius 1 is 1.00 bits per heavy atom. The lowest BCUT2D eigenvalue weighted by molar-refractivity contribution is 0.244. The van der Waals surface area contributed by atoms with E-state index >= 15 is 0 Å². The first kappa shape index (κ1) is 19.9. The maximum Gasteiger partial charge on any atom is 0.199 e. The zero-order valence-electron chi connectivity index (χ0n) is 17.3. The molecule has 0 amide bonds. The van der Waals surface area contributed by atoms with Gasteiger partial charge in [0.2, 0.25) is 0 Å². The van der Waals surface area contributed by atoms with Gasteiger partial charge in [0.15, 0.2) is 10.6 Å². The second-order valence-electron chi connectivity index (χ2n) is 7.69. The van der Waals surface area contributed by atoms with Gasteiger partial charge in [-0.2, -0.15) is 5.10 Å². The molecule has 1 aromatic heterocycles. The summed E-state index contributed by atoms with van der Waals surface area (Å²) in [6, 6.07) is 19.0. The van der Waals surface area contributed by atoms with Gasteiger partial charge in [-0.05, 0) is 50.7 Å². The normalized spacial score (nSPS) is 14.1. The van der Waals surface area contributed by atoms with Gasteiger partial charge in [0, 0.05) is 37.4 Å². The molecule has 4 rings (SSSR count). The summed E-state index contributed by atoms with van der Waals surface area (Å²) in [5.41, 5.74) is 3.83. The Kier molecular flexibility index (Phi) is 6.11. The highest BCUT2D eigenvalue weighted by atomic mass is 32.1. The van der Waals surface area contributed by atoms with Gasteiger partial charge in [0.1, 0.15) is 0 Å². The maximum atomic E-state index is 5.74. The van der Waals surface area contributed by atoms with E-state index in [0.717, 1.165) is 42.3 Å². The topological polar surface area (TPSA) is 29.2 Å². The average Bonchev–Trinajstić information content (AvgIpc) is 3.38. The molecule has 3 aromatic rings. The minimum absolute atomic E-state index is 0.667. The molecule has 0 bridgehead atoms. The first-order valence-corrected chi connectivity index (χ1v) is 10.8. The fourth-order valence-corrected chi connectivity index (χ4v) is 4.41. The van der Waals surface area contributed by atoms with Crippen LogP contribution >= 0.6 is 12.2 Å². The van der Waals surface area contributed by atoms with Gasteiger partial charge in [-0.15, -0.1) is 0 Å². The Morgan fingerprint density at radius 2 is 1.69 bits per heavy atom. The predicted molar refractivity (Wildman–Crippen MR) is 122 cm³/mol. The fourth-order valence-electron chi connectivity index (χ4n) is 4.10.